The van der Waals surface area contributed by atoms with Crippen LogP contribution in [-0.4, -0.2) is 23.7 Å². The van der Waals surface area contributed by atoms with Gasteiger partial charge < -0.3 is 9.84 Å². The lowest BCUT2D eigenvalue weighted by Gasteiger charge is -2.06. The monoisotopic (exact) mass is 264 g/mol. The molecule has 0 saturated heterocycles. The molecular weight excluding hydrogens is 244 g/mol. The first-order chi connectivity index (χ1) is 9.00. The predicted octanol–water partition coefficient (Wildman–Crippen LogP) is 3.37. The second kappa shape index (κ2) is 7.56. The number of aromatic carboxylic acids is 1. The Hall–Kier alpha value is -1.84. The minimum atomic E-state index is -1.01. The highest BCUT2D eigenvalue weighted by atomic mass is 16.5. The van der Waals surface area contributed by atoms with Gasteiger partial charge in [-0.1, -0.05) is 20.3 Å². The molecular formula is C15H20O4. The third-order valence-electron chi connectivity index (χ3n) is 2.78. The van der Waals surface area contributed by atoms with Crippen molar-refractivity contribution in [3.05, 3.63) is 35.4 Å². The maximum absolute atomic E-state index is 11.7. The van der Waals surface area contributed by atoms with Crippen molar-refractivity contribution in [2.75, 3.05) is 6.61 Å². The van der Waals surface area contributed by atoms with E-state index in [2.05, 4.69) is 13.8 Å². The molecule has 19 heavy (non-hydrogen) atoms. The topological polar surface area (TPSA) is 63.6 Å². The lowest BCUT2D eigenvalue weighted by molar-refractivity contribution is 0.0496. The number of carbonyl (C=O) groups excluding carboxylic acids is 1. The number of carboxylic acids is 1. The molecule has 1 rings (SSSR count). The van der Waals surface area contributed by atoms with Crippen molar-refractivity contribution in [3.8, 4) is 0 Å². The van der Waals surface area contributed by atoms with Gasteiger partial charge in [-0.3, -0.25) is 0 Å². The molecule has 0 radical (unpaired) electrons. The molecule has 0 aromatic heterocycles. The van der Waals surface area contributed by atoms with E-state index in [1.54, 1.807) is 0 Å². The van der Waals surface area contributed by atoms with Gasteiger partial charge >= 0.3 is 11.9 Å². The summed E-state index contributed by atoms with van der Waals surface area (Å²) in [6.45, 7) is 4.73. The molecule has 0 amide bonds. The number of esters is 1. The number of ether oxygens (including phenoxy) is 1. The van der Waals surface area contributed by atoms with Crippen LogP contribution in [0.1, 0.15) is 53.8 Å². The maximum Gasteiger partial charge on any atom is 0.338 e. The van der Waals surface area contributed by atoms with Crippen LogP contribution >= 0.6 is 0 Å². The van der Waals surface area contributed by atoms with Gasteiger partial charge in [-0.05, 0) is 43.0 Å². The summed E-state index contributed by atoms with van der Waals surface area (Å²) in [4.78, 5) is 22.3. The van der Waals surface area contributed by atoms with Gasteiger partial charge in [0.05, 0.1) is 17.7 Å². The molecule has 1 aromatic rings. The first-order valence-electron chi connectivity index (χ1n) is 6.51. The van der Waals surface area contributed by atoms with Crippen LogP contribution in [0.4, 0.5) is 0 Å². The van der Waals surface area contributed by atoms with E-state index < -0.39 is 11.9 Å². The smallest absolute Gasteiger partial charge is 0.338 e. The van der Waals surface area contributed by atoms with E-state index in [9.17, 15) is 9.59 Å². The van der Waals surface area contributed by atoms with Crippen molar-refractivity contribution in [2.24, 2.45) is 5.92 Å². The average molecular weight is 264 g/mol. The number of carboxylic acid groups (broad SMARTS) is 1. The molecule has 0 spiro atoms. The lowest BCUT2D eigenvalue weighted by atomic mass is 10.1. The summed E-state index contributed by atoms with van der Waals surface area (Å²) >= 11 is 0. The molecule has 0 fully saturated rings. The fourth-order valence-corrected chi connectivity index (χ4v) is 1.65. The molecule has 104 valence electrons. The van der Waals surface area contributed by atoms with Crippen LogP contribution in [0.5, 0.6) is 0 Å². The van der Waals surface area contributed by atoms with E-state index in [4.69, 9.17) is 9.84 Å². The number of hydrogen-bond donors (Lipinski definition) is 1. The molecule has 4 nitrogen and oxygen atoms in total. The number of rotatable bonds is 7. The largest absolute Gasteiger partial charge is 0.478 e. The predicted molar refractivity (Wildman–Crippen MR) is 72.4 cm³/mol. The lowest BCUT2D eigenvalue weighted by Crippen LogP contribution is -2.07. The van der Waals surface area contributed by atoms with Crippen LogP contribution in [0.3, 0.4) is 0 Å². The minimum Gasteiger partial charge on any atom is -0.478 e. The van der Waals surface area contributed by atoms with Gasteiger partial charge in [0.2, 0.25) is 0 Å². The Labute approximate surface area is 113 Å². The Morgan fingerprint density at radius 1 is 1.11 bits per heavy atom. The minimum absolute atomic E-state index is 0.161. The zero-order valence-electron chi connectivity index (χ0n) is 11.4. The fourth-order valence-electron chi connectivity index (χ4n) is 1.65. The molecule has 0 saturated carbocycles. The quantitative estimate of drug-likeness (QED) is 0.605. The van der Waals surface area contributed by atoms with Crippen molar-refractivity contribution in [1.29, 1.82) is 0 Å². The third kappa shape index (κ3) is 5.55. The SMILES string of the molecule is CC(C)CCCCOC(=O)c1ccc(C(=O)O)cc1. The van der Waals surface area contributed by atoms with E-state index in [0.717, 1.165) is 19.3 Å². The molecule has 0 aliphatic rings. The Kier molecular flexibility index (Phi) is 6.06. The van der Waals surface area contributed by atoms with Gasteiger partial charge in [-0.15, -0.1) is 0 Å². The van der Waals surface area contributed by atoms with Crippen LogP contribution in [0.25, 0.3) is 0 Å². The van der Waals surface area contributed by atoms with E-state index >= 15 is 0 Å². The van der Waals surface area contributed by atoms with E-state index in [-0.39, 0.29) is 5.56 Å². The summed E-state index contributed by atoms with van der Waals surface area (Å²) in [5, 5.41) is 8.74. The zero-order valence-corrected chi connectivity index (χ0v) is 11.4. The second-order valence-corrected chi connectivity index (χ2v) is 4.91. The third-order valence-corrected chi connectivity index (χ3v) is 2.78. The Bertz CT molecular complexity index is 420. The van der Waals surface area contributed by atoms with Crippen molar-refractivity contribution < 1.29 is 19.4 Å². The van der Waals surface area contributed by atoms with Crippen LogP contribution in [0.2, 0.25) is 0 Å². The summed E-state index contributed by atoms with van der Waals surface area (Å²) in [6, 6.07) is 5.75. The van der Waals surface area contributed by atoms with Gasteiger partial charge in [-0.2, -0.15) is 0 Å². The van der Waals surface area contributed by atoms with Gasteiger partial charge in [0.1, 0.15) is 0 Å². The van der Waals surface area contributed by atoms with Crippen molar-refractivity contribution in [1.82, 2.24) is 0 Å². The normalized spacial score (nSPS) is 10.5. The average Bonchev–Trinajstić information content (AvgIpc) is 2.37. The van der Waals surface area contributed by atoms with Gasteiger partial charge in [0.15, 0.2) is 0 Å². The molecule has 4 heteroatoms. The second-order valence-electron chi connectivity index (χ2n) is 4.91. The zero-order chi connectivity index (χ0) is 14.3. The highest BCUT2D eigenvalue weighted by Crippen LogP contribution is 2.08. The summed E-state index contributed by atoms with van der Waals surface area (Å²) in [7, 11) is 0. The van der Waals surface area contributed by atoms with Crippen molar-refractivity contribution in [3.63, 3.8) is 0 Å². The van der Waals surface area contributed by atoms with E-state index in [1.807, 2.05) is 0 Å². The standard InChI is InChI=1S/C15H20O4/c1-11(2)5-3-4-10-19-15(18)13-8-6-12(7-9-13)14(16)17/h6-9,11H,3-5,10H2,1-2H3,(H,16,17). The molecule has 0 heterocycles. The van der Waals surface area contributed by atoms with Crippen molar-refractivity contribution >= 4 is 11.9 Å². The first-order valence-corrected chi connectivity index (χ1v) is 6.51. The first kappa shape index (κ1) is 15.2. The Morgan fingerprint density at radius 3 is 2.21 bits per heavy atom. The Morgan fingerprint density at radius 2 is 1.68 bits per heavy atom. The number of unbranched alkanes of at least 4 members (excludes halogenated alkanes) is 1. The summed E-state index contributed by atoms with van der Waals surface area (Å²) < 4.78 is 5.12. The fraction of sp³-hybridized carbons (Fsp3) is 0.467. The van der Waals surface area contributed by atoms with Gasteiger partial charge in [0, 0.05) is 0 Å². The van der Waals surface area contributed by atoms with Crippen molar-refractivity contribution in [2.45, 2.75) is 33.1 Å². The highest BCUT2D eigenvalue weighted by molar-refractivity contribution is 5.92. The van der Waals surface area contributed by atoms with Crippen LogP contribution < -0.4 is 0 Å². The molecule has 0 unspecified atom stereocenters. The Balaban J connectivity index is 2.35. The summed E-state index contributed by atoms with van der Waals surface area (Å²) in [5.41, 5.74) is 0.544. The molecule has 0 aliphatic carbocycles. The molecule has 0 atom stereocenters. The molecule has 0 bridgehead atoms. The van der Waals surface area contributed by atoms with Crippen LogP contribution in [0.15, 0.2) is 24.3 Å². The van der Waals surface area contributed by atoms with Crippen LogP contribution in [-0.2, 0) is 4.74 Å². The maximum atomic E-state index is 11.7. The molecule has 0 aliphatic heterocycles. The number of carbonyl (C=O) groups is 2. The van der Waals surface area contributed by atoms with E-state index in [0.29, 0.717) is 18.1 Å². The highest BCUT2D eigenvalue weighted by Gasteiger charge is 2.08. The molecule has 1 aromatic carbocycles. The number of benzene rings is 1. The molecule has 1 N–H and O–H groups in total. The summed E-state index contributed by atoms with van der Waals surface area (Å²) in [5.74, 6) is -0.741. The van der Waals surface area contributed by atoms with E-state index in [1.165, 1.54) is 24.3 Å². The van der Waals surface area contributed by atoms with Gasteiger partial charge in [-0.25, -0.2) is 9.59 Å². The number of hydrogen-bond acceptors (Lipinski definition) is 3. The summed E-state index contributed by atoms with van der Waals surface area (Å²) in [6.07, 6.45) is 3.03. The van der Waals surface area contributed by atoms with Gasteiger partial charge in [0.25, 0.3) is 0 Å². The van der Waals surface area contributed by atoms with Crippen LogP contribution in [0, 0.1) is 5.92 Å².